The van der Waals surface area contributed by atoms with Crippen molar-refractivity contribution in [1.29, 1.82) is 0 Å². The molecular formula is C13H22N4O2S. The van der Waals surface area contributed by atoms with E-state index in [1.54, 1.807) is 6.20 Å². The summed E-state index contributed by atoms with van der Waals surface area (Å²) in [6.45, 7) is 8.17. The fourth-order valence-electron chi connectivity index (χ4n) is 1.93. The Morgan fingerprint density at radius 3 is 3.00 bits per heavy atom. The first-order chi connectivity index (χ1) is 9.79. The largest absolute Gasteiger partial charge is 0.379 e. The van der Waals surface area contributed by atoms with E-state index >= 15 is 0 Å². The quantitative estimate of drug-likeness (QED) is 0.787. The average molecular weight is 298 g/mol. The van der Waals surface area contributed by atoms with E-state index in [1.807, 2.05) is 6.92 Å². The van der Waals surface area contributed by atoms with Crippen molar-refractivity contribution in [2.75, 3.05) is 51.3 Å². The van der Waals surface area contributed by atoms with Crippen LogP contribution in [0.3, 0.4) is 0 Å². The highest BCUT2D eigenvalue weighted by Crippen LogP contribution is 2.17. The Morgan fingerprint density at radius 1 is 1.45 bits per heavy atom. The highest BCUT2D eigenvalue weighted by molar-refractivity contribution is 7.17. The predicted octanol–water partition coefficient (Wildman–Crippen LogP) is 1.03. The molecule has 1 amide bonds. The zero-order valence-corrected chi connectivity index (χ0v) is 12.7. The number of morpholine rings is 1. The lowest BCUT2D eigenvalue weighted by atomic mass is 10.4. The van der Waals surface area contributed by atoms with Gasteiger partial charge in [0.05, 0.1) is 19.4 Å². The maximum atomic E-state index is 11.7. The number of nitrogens with one attached hydrogen (secondary N) is 2. The average Bonchev–Trinajstić information content (AvgIpc) is 2.95. The maximum Gasteiger partial charge on any atom is 0.263 e. The first kappa shape index (κ1) is 15.2. The third-order valence-corrected chi connectivity index (χ3v) is 4.03. The SMILES string of the molecule is CCCNC(=O)c1cnc(NCCN2CCOCC2)s1. The van der Waals surface area contributed by atoms with Gasteiger partial charge in [-0.3, -0.25) is 9.69 Å². The second kappa shape index (κ2) is 8.18. The van der Waals surface area contributed by atoms with Crippen molar-refractivity contribution in [3.8, 4) is 0 Å². The van der Waals surface area contributed by atoms with E-state index in [4.69, 9.17) is 4.74 Å². The highest BCUT2D eigenvalue weighted by atomic mass is 32.1. The molecule has 0 spiro atoms. The molecule has 2 rings (SSSR count). The number of carbonyl (C=O) groups is 1. The van der Waals surface area contributed by atoms with Crippen LogP contribution in [0.4, 0.5) is 5.13 Å². The van der Waals surface area contributed by atoms with Gasteiger partial charge in [0.25, 0.3) is 5.91 Å². The number of rotatable bonds is 7. The van der Waals surface area contributed by atoms with Gasteiger partial charge in [-0.2, -0.15) is 0 Å². The number of anilines is 1. The van der Waals surface area contributed by atoms with Gasteiger partial charge in [0.2, 0.25) is 0 Å². The fraction of sp³-hybridized carbons (Fsp3) is 0.692. The van der Waals surface area contributed by atoms with Crippen molar-refractivity contribution < 1.29 is 9.53 Å². The molecule has 0 unspecified atom stereocenters. The van der Waals surface area contributed by atoms with Crippen molar-refractivity contribution in [2.24, 2.45) is 0 Å². The number of hydrogen-bond donors (Lipinski definition) is 2. The molecular weight excluding hydrogens is 276 g/mol. The number of thiazole rings is 1. The van der Waals surface area contributed by atoms with Gasteiger partial charge in [-0.05, 0) is 6.42 Å². The smallest absolute Gasteiger partial charge is 0.263 e. The summed E-state index contributed by atoms with van der Waals surface area (Å²) in [5.41, 5.74) is 0. The highest BCUT2D eigenvalue weighted by Gasteiger charge is 2.11. The summed E-state index contributed by atoms with van der Waals surface area (Å²) >= 11 is 1.40. The standard InChI is InChI=1S/C13H22N4O2S/c1-2-3-14-12(18)11-10-16-13(20-11)15-4-5-17-6-8-19-9-7-17/h10H,2-9H2,1H3,(H,14,18)(H,15,16). The molecule has 1 fully saturated rings. The zero-order chi connectivity index (χ0) is 14.2. The molecule has 1 aliphatic rings. The summed E-state index contributed by atoms with van der Waals surface area (Å²) in [7, 11) is 0. The number of aromatic nitrogens is 1. The van der Waals surface area contributed by atoms with Crippen LogP contribution in [0.5, 0.6) is 0 Å². The van der Waals surface area contributed by atoms with Crippen LogP contribution < -0.4 is 10.6 Å². The minimum atomic E-state index is -0.0365. The van der Waals surface area contributed by atoms with E-state index in [1.165, 1.54) is 11.3 Å². The normalized spacial score (nSPS) is 16.1. The van der Waals surface area contributed by atoms with Gasteiger partial charge >= 0.3 is 0 Å². The summed E-state index contributed by atoms with van der Waals surface area (Å²) in [6.07, 6.45) is 2.57. The van der Waals surface area contributed by atoms with Crippen LogP contribution >= 0.6 is 11.3 Å². The Balaban J connectivity index is 1.70. The molecule has 2 heterocycles. The van der Waals surface area contributed by atoms with Crippen LogP contribution in [0.15, 0.2) is 6.20 Å². The molecule has 0 aromatic carbocycles. The van der Waals surface area contributed by atoms with E-state index in [-0.39, 0.29) is 5.91 Å². The monoisotopic (exact) mass is 298 g/mol. The third kappa shape index (κ3) is 4.73. The first-order valence-corrected chi connectivity index (χ1v) is 7.89. The van der Waals surface area contributed by atoms with Gasteiger partial charge in [0, 0.05) is 32.7 Å². The molecule has 1 aromatic rings. The van der Waals surface area contributed by atoms with Crippen molar-refractivity contribution in [1.82, 2.24) is 15.2 Å². The van der Waals surface area contributed by atoms with Crippen LogP contribution in [-0.4, -0.2) is 61.7 Å². The molecule has 0 radical (unpaired) electrons. The second-order valence-corrected chi connectivity index (χ2v) is 5.70. The lowest BCUT2D eigenvalue weighted by Gasteiger charge is -2.26. The number of hydrogen-bond acceptors (Lipinski definition) is 6. The fourth-order valence-corrected chi connectivity index (χ4v) is 2.69. The maximum absolute atomic E-state index is 11.7. The lowest BCUT2D eigenvalue weighted by Crippen LogP contribution is -2.38. The van der Waals surface area contributed by atoms with Crippen LogP contribution in [-0.2, 0) is 4.74 Å². The van der Waals surface area contributed by atoms with Crippen molar-refractivity contribution in [3.63, 3.8) is 0 Å². The van der Waals surface area contributed by atoms with Gasteiger partial charge in [0.15, 0.2) is 5.13 Å². The predicted molar refractivity (Wildman–Crippen MR) is 80.5 cm³/mol. The van der Waals surface area contributed by atoms with E-state index < -0.39 is 0 Å². The van der Waals surface area contributed by atoms with Crippen LogP contribution in [0.2, 0.25) is 0 Å². The molecule has 0 atom stereocenters. The Kier molecular flexibility index (Phi) is 6.23. The Hall–Kier alpha value is -1.18. The molecule has 1 aromatic heterocycles. The second-order valence-electron chi connectivity index (χ2n) is 4.67. The molecule has 0 saturated carbocycles. The van der Waals surface area contributed by atoms with Crippen molar-refractivity contribution >= 4 is 22.4 Å². The molecule has 20 heavy (non-hydrogen) atoms. The van der Waals surface area contributed by atoms with E-state index in [0.717, 1.165) is 50.9 Å². The molecule has 1 aliphatic heterocycles. The number of ether oxygens (including phenoxy) is 1. The summed E-state index contributed by atoms with van der Waals surface area (Å²) < 4.78 is 5.31. The molecule has 0 aliphatic carbocycles. The van der Waals surface area contributed by atoms with Gasteiger partial charge in [-0.25, -0.2) is 4.98 Å². The number of nitrogens with zero attached hydrogens (tertiary/aromatic N) is 2. The molecule has 2 N–H and O–H groups in total. The minimum absolute atomic E-state index is 0.0365. The topological polar surface area (TPSA) is 66.5 Å². The van der Waals surface area contributed by atoms with Gasteiger partial charge < -0.3 is 15.4 Å². The Labute approximate surface area is 123 Å². The van der Waals surface area contributed by atoms with Crippen molar-refractivity contribution in [3.05, 3.63) is 11.1 Å². The summed E-state index contributed by atoms with van der Waals surface area (Å²) in [4.78, 5) is 19.0. The minimum Gasteiger partial charge on any atom is -0.379 e. The number of amides is 1. The summed E-state index contributed by atoms with van der Waals surface area (Å²) in [6, 6.07) is 0. The van der Waals surface area contributed by atoms with Gasteiger partial charge in [-0.1, -0.05) is 18.3 Å². The van der Waals surface area contributed by atoms with Crippen LogP contribution in [0.25, 0.3) is 0 Å². The van der Waals surface area contributed by atoms with E-state index in [0.29, 0.717) is 11.4 Å². The van der Waals surface area contributed by atoms with E-state index in [2.05, 4.69) is 20.5 Å². The first-order valence-electron chi connectivity index (χ1n) is 7.07. The molecule has 112 valence electrons. The van der Waals surface area contributed by atoms with E-state index in [9.17, 15) is 4.79 Å². The van der Waals surface area contributed by atoms with Crippen molar-refractivity contribution in [2.45, 2.75) is 13.3 Å². The molecule has 6 nitrogen and oxygen atoms in total. The lowest BCUT2D eigenvalue weighted by molar-refractivity contribution is 0.0398. The van der Waals surface area contributed by atoms with Gasteiger partial charge in [-0.15, -0.1) is 0 Å². The molecule has 1 saturated heterocycles. The van der Waals surface area contributed by atoms with Crippen LogP contribution in [0, 0.1) is 0 Å². The zero-order valence-electron chi connectivity index (χ0n) is 11.9. The summed E-state index contributed by atoms with van der Waals surface area (Å²) in [5.74, 6) is -0.0365. The van der Waals surface area contributed by atoms with Crippen LogP contribution in [0.1, 0.15) is 23.0 Å². The molecule has 0 bridgehead atoms. The summed E-state index contributed by atoms with van der Waals surface area (Å²) in [5, 5.41) is 6.93. The Morgan fingerprint density at radius 2 is 2.25 bits per heavy atom. The molecule has 7 heteroatoms. The third-order valence-electron chi connectivity index (χ3n) is 3.07. The number of carbonyl (C=O) groups excluding carboxylic acids is 1. The Bertz CT molecular complexity index is 418. The van der Waals surface area contributed by atoms with Gasteiger partial charge in [0.1, 0.15) is 4.88 Å².